The summed E-state index contributed by atoms with van der Waals surface area (Å²) in [7, 11) is -3.93. The molecular formula is C15H11BrN2O3S. The standard InChI is InChI=1S/C15H11BrN2O3S/c1-10-4-6-11(7-5-10)22(19,20)21-13-9-18-15(16)12-3-2-8-17-14(12)13/h2-9H,1H3. The summed E-state index contributed by atoms with van der Waals surface area (Å²) in [6.45, 7) is 1.88. The first-order valence-electron chi connectivity index (χ1n) is 6.38. The van der Waals surface area contributed by atoms with Crippen LogP contribution in [0.5, 0.6) is 5.75 Å². The first-order valence-corrected chi connectivity index (χ1v) is 8.58. The molecule has 0 unspecified atom stereocenters. The van der Waals surface area contributed by atoms with E-state index in [1.807, 2.05) is 6.92 Å². The molecule has 0 fully saturated rings. The van der Waals surface area contributed by atoms with E-state index in [9.17, 15) is 8.42 Å². The summed E-state index contributed by atoms with van der Waals surface area (Å²) < 4.78 is 30.5. The predicted octanol–water partition coefficient (Wildman–Crippen LogP) is 3.47. The van der Waals surface area contributed by atoms with Crippen molar-refractivity contribution in [3.63, 3.8) is 0 Å². The fourth-order valence-electron chi connectivity index (χ4n) is 1.95. The number of pyridine rings is 2. The number of rotatable bonds is 3. The zero-order chi connectivity index (χ0) is 15.7. The molecule has 7 heteroatoms. The number of hydrogen-bond donors (Lipinski definition) is 0. The van der Waals surface area contributed by atoms with Crippen molar-refractivity contribution in [2.24, 2.45) is 0 Å². The topological polar surface area (TPSA) is 69.2 Å². The Bertz CT molecular complexity index is 941. The van der Waals surface area contributed by atoms with Gasteiger partial charge in [-0.1, -0.05) is 17.7 Å². The molecule has 2 aromatic heterocycles. The average Bonchev–Trinajstić information content (AvgIpc) is 2.51. The molecule has 0 bridgehead atoms. The minimum atomic E-state index is -3.93. The fraction of sp³-hybridized carbons (Fsp3) is 0.0667. The highest BCUT2D eigenvalue weighted by atomic mass is 79.9. The van der Waals surface area contributed by atoms with E-state index >= 15 is 0 Å². The molecule has 112 valence electrons. The van der Waals surface area contributed by atoms with Crippen LogP contribution in [-0.4, -0.2) is 18.4 Å². The van der Waals surface area contributed by atoms with E-state index in [-0.39, 0.29) is 10.6 Å². The molecule has 0 amide bonds. The van der Waals surface area contributed by atoms with E-state index in [4.69, 9.17) is 4.18 Å². The zero-order valence-corrected chi connectivity index (χ0v) is 13.9. The third kappa shape index (κ3) is 2.82. The highest BCUT2D eigenvalue weighted by Gasteiger charge is 2.19. The molecule has 0 atom stereocenters. The third-order valence-corrected chi connectivity index (χ3v) is 4.95. The van der Waals surface area contributed by atoms with E-state index in [1.165, 1.54) is 18.3 Å². The molecule has 5 nitrogen and oxygen atoms in total. The SMILES string of the molecule is Cc1ccc(S(=O)(=O)Oc2cnc(Br)c3cccnc23)cc1. The van der Waals surface area contributed by atoms with Gasteiger partial charge in [0.1, 0.15) is 15.0 Å². The lowest BCUT2D eigenvalue weighted by atomic mass is 10.2. The van der Waals surface area contributed by atoms with Crippen LogP contribution in [0.15, 0.2) is 58.3 Å². The summed E-state index contributed by atoms with van der Waals surface area (Å²) in [6.07, 6.45) is 2.91. The minimum Gasteiger partial charge on any atom is -0.375 e. The molecule has 22 heavy (non-hydrogen) atoms. The van der Waals surface area contributed by atoms with Crippen LogP contribution in [0.25, 0.3) is 10.9 Å². The van der Waals surface area contributed by atoms with Crippen molar-refractivity contribution in [2.45, 2.75) is 11.8 Å². The van der Waals surface area contributed by atoms with Crippen molar-refractivity contribution in [1.82, 2.24) is 9.97 Å². The zero-order valence-electron chi connectivity index (χ0n) is 11.5. The maximum absolute atomic E-state index is 12.4. The van der Waals surface area contributed by atoms with Gasteiger partial charge in [-0.05, 0) is 47.1 Å². The molecule has 0 N–H and O–H groups in total. The Hall–Kier alpha value is -1.99. The van der Waals surface area contributed by atoms with E-state index in [2.05, 4.69) is 25.9 Å². The number of fused-ring (bicyclic) bond motifs is 1. The Balaban J connectivity index is 2.06. The second-order valence-corrected chi connectivity index (χ2v) is 6.96. The minimum absolute atomic E-state index is 0.0881. The lowest BCUT2D eigenvalue weighted by molar-refractivity contribution is 0.487. The van der Waals surface area contributed by atoms with Crippen LogP contribution < -0.4 is 4.18 Å². The fourth-order valence-corrected chi connectivity index (χ4v) is 3.29. The third-order valence-electron chi connectivity index (χ3n) is 3.07. The predicted molar refractivity (Wildman–Crippen MR) is 86.2 cm³/mol. The number of halogens is 1. The van der Waals surface area contributed by atoms with Gasteiger partial charge in [0.25, 0.3) is 0 Å². The van der Waals surface area contributed by atoms with E-state index in [1.54, 1.807) is 30.5 Å². The second kappa shape index (κ2) is 5.66. The summed E-state index contributed by atoms with van der Waals surface area (Å²) in [5, 5.41) is 0.680. The van der Waals surface area contributed by atoms with Crippen LogP contribution in [0.3, 0.4) is 0 Å². The second-order valence-electron chi connectivity index (χ2n) is 4.66. The molecule has 0 aliphatic heterocycles. The van der Waals surface area contributed by atoms with Gasteiger partial charge in [0.15, 0.2) is 5.75 Å². The van der Waals surface area contributed by atoms with Crippen LogP contribution in [-0.2, 0) is 10.1 Å². The van der Waals surface area contributed by atoms with E-state index < -0.39 is 10.1 Å². The summed E-state index contributed by atoms with van der Waals surface area (Å²) in [6, 6.07) is 9.97. The summed E-state index contributed by atoms with van der Waals surface area (Å²) in [4.78, 5) is 8.35. The number of aryl methyl sites for hydroxylation is 1. The van der Waals surface area contributed by atoms with Crippen molar-refractivity contribution >= 4 is 37.0 Å². The summed E-state index contributed by atoms with van der Waals surface area (Å²) in [5.41, 5.74) is 1.40. The molecule has 0 radical (unpaired) electrons. The maximum atomic E-state index is 12.4. The largest absolute Gasteiger partial charge is 0.375 e. The van der Waals surface area contributed by atoms with Gasteiger partial charge in [0.05, 0.1) is 6.20 Å². The Kier molecular flexibility index (Phi) is 3.84. The van der Waals surface area contributed by atoms with Crippen LogP contribution in [0.4, 0.5) is 0 Å². The first-order chi connectivity index (χ1) is 10.5. The average molecular weight is 379 g/mol. The molecular weight excluding hydrogens is 368 g/mol. The molecule has 3 aromatic rings. The molecule has 0 aliphatic rings. The summed E-state index contributed by atoms with van der Waals surface area (Å²) >= 11 is 3.31. The highest BCUT2D eigenvalue weighted by molar-refractivity contribution is 9.10. The van der Waals surface area contributed by atoms with Gasteiger partial charge >= 0.3 is 10.1 Å². The number of nitrogens with zero attached hydrogens (tertiary/aromatic N) is 2. The molecule has 3 rings (SSSR count). The molecule has 2 heterocycles. The number of hydrogen-bond acceptors (Lipinski definition) is 5. The number of benzene rings is 1. The maximum Gasteiger partial charge on any atom is 0.339 e. The molecule has 0 spiro atoms. The van der Waals surface area contributed by atoms with Gasteiger partial charge in [-0.2, -0.15) is 8.42 Å². The van der Waals surface area contributed by atoms with Gasteiger partial charge in [-0.25, -0.2) is 4.98 Å². The van der Waals surface area contributed by atoms with Crippen LogP contribution >= 0.6 is 15.9 Å². The Morgan fingerprint density at radius 3 is 2.55 bits per heavy atom. The molecule has 0 aliphatic carbocycles. The van der Waals surface area contributed by atoms with Gasteiger partial charge in [0, 0.05) is 11.6 Å². The number of aromatic nitrogens is 2. The van der Waals surface area contributed by atoms with Crippen molar-refractivity contribution in [3.8, 4) is 5.75 Å². The van der Waals surface area contributed by atoms with Crippen LogP contribution in [0, 0.1) is 6.92 Å². The highest BCUT2D eigenvalue weighted by Crippen LogP contribution is 2.29. The van der Waals surface area contributed by atoms with Gasteiger partial charge in [0.2, 0.25) is 0 Å². The Morgan fingerprint density at radius 2 is 1.82 bits per heavy atom. The van der Waals surface area contributed by atoms with Crippen LogP contribution in [0.1, 0.15) is 5.56 Å². The molecule has 0 saturated heterocycles. The quantitative estimate of drug-likeness (QED) is 0.515. The molecule has 1 aromatic carbocycles. The lowest BCUT2D eigenvalue weighted by Crippen LogP contribution is -2.10. The smallest absolute Gasteiger partial charge is 0.339 e. The Labute approximate surface area is 136 Å². The lowest BCUT2D eigenvalue weighted by Gasteiger charge is -2.09. The van der Waals surface area contributed by atoms with Crippen molar-refractivity contribution in [1.29, 1.82) is 0 Å². The van der Waals surface area contributed by atoms with Crippen LogP contribution in [0.2, 0.25) is 0 Å². The Morgan fingerprint density at radius 1 is 1.09 bits per heavy atom. The monoisotopic (exact) mass is 378 g/mol. The normalized spacial score (nSPS) is 11.5. The van der Waals surface area contributed by atoms with Crippen molar-refractivity contribution < 1.29 is 12.6 Å². The van der Waals surface area contributed by atoms with E-state index in [0.29, 0.717) is 15.5 Å². The van der Waals surface area contributed by atoms with Gasteiger partial charge in [-0.15, -0.1) is 0 Å². The van der Waals surface area contributed by atoms with Gasteiger partial charge < -0.3 is 4.18 Å². The van der Waals surface area contributed by atoms with Gasteiger partial charge in [-0.3, -0.25) is 4.98 Å². The first kappa shape index (κ1) is 14.9. The molecule has 0 saturated carbocycles. The van der Waals surface area contributed by atoms with Crippen molar-refractivity contribution in [3.05, 3.63) is 59.0 Å². The van der Waals surface area contributed by atoms with Crippen molar-refractivity contribution in [2.75, 3.05) is 0 Å². The van der Waals surface area contributed by atoms with E-state index in [0.717, 1.165) is 5.56 Å². The summed E-state index contributed by atoms with van der Waals surface area (Å²) in [5.74, 6) is 0.0966.